The van der Waals surface area contributed by atoms with Gasteiger partial charge in [0.25, 0.3) is 11.6 Å². The fourth-order valence-electron chi connectivity index (χ4n) is 2.05. The fraction of sp³-hybridized carbons (Fsp3) is 0.188. The van der Waals surface area contributed by atoms with Crippen LogP contribution in [0.2, 0.25) is 0 Å². The first kappa shape index (κ1) is 16.4. The molecule has 0 saturated heterocycles. The number of nitro benzene ring substituents is 1. The molecular weight excluding hydrogens is 303 g/mol. The van der Waals surface area contributed by atoms with Gasteiger partial charge in [-0.25, -0.2) is 4.39 Å². The van der Waals surface area contributed by atoms with E-state index in [9.17, 15) is 19.3 Å². The van der Waals surface area contributed by atoms with Crippen molar-refractivity contribution in [1.29, 1.82) is 0 Å². The van der Waals surface area contributed by atoms with Gasteiger partial charge in [0, 0.05) is 17.7 Å². The summed E-state index contributed by atoms with van der Waals surface area (Å²) >= 11 is 0. The van der Waals surface area contributed by atoms with Gasteiger partial charge in [-0.1, -0.05) is 6.07 Å². The first-order valence-electron chi connectivity index (χ1n) is 6.81. The molecular formula is C16H15FN2O4. The third kappa shape index (κ3) is 3.82. The van der Waals surface area contributed by atoms with Crippen molar-refractivity contribution < 1.29 is 18.8 Å². The molecule has 0 spiro atoms. The number of nitrogens with zero attached hydrogens (tertiary/aromatic N) is 1. The molecule has 2 aromatic rings. The molecule has 0 aliphatic rings. The molecule has 0 aliphatic heterocycles. The number of ether oxygens (including phenoxy) is 1. The van der Waals surface area contributed by atoms with Crippen molar-refractivity contribution in [2.24, 2.45) is 0 Å². The molecule has 0 heterocycles. The minimum atomic E-state index is -0.537. The van der Waals surface area contributed by atoms with Crippen molar-refractivity contribution in [1.82, 2.24) is 5.32 Å². The van der Waals surface area contributed by atoms with Crippen LogP contribution in [0.15, 0.2) is 42.5 Å². The number of carbonyl (C=O) groups excluding carboxylic acids is 1. The number of methoxy groups -OCH3 is 1. The normalized spacial score (nSPS) is 11.6. The molecule has 2 aromatic carbocycles. The van der Waals surface area contributed by atoms with Gasteiger partial charge in [0.05, 0.1) is 18.1 Å². The summed E-state index contributed by atoms with van der Waals surface area (Å²) in [5, 5.41) is 13.3. The zero-order chi connectivity index (χ0) is 17.0. The van der Waals surface area contributed by atoms with Crippen molar-refractivity contribution >= 4 is 11.6 Å². The minimum absolute atomic E-state index is 0.0909. The van der Waals surface area contributed by atoms with Crippen molar-refractivity contribution in [2.75, 3.05) is 7.11 Å². The number of nitrogens with one attached hydrogen (secondary N) is 1. The van der Waals surface area contributed by atoms with E-state index < -0.39 is 22.7 Å². The van der Waals surface area contributed by atoms with Gasteiger partial charge in [0.1, 0.15) is 0 Å². The second kappa shape index (κ2) is 6.87. The number of hydrogen-bond acceptors (Lipinski definition) is 4. The largest absolute Gasteiger partial charge is 0.494 e. The summed E-state index contributed by atoms with van der Waals surface area (Å²) in [6, 6.07) is 9.25. The number of non-ortho nitro benzene ring substituents is 1. The molecule has 120 valence electrons. The van der Waals surface area contributed by atoms with Crippen LogP contribution in [-0.4, -0.2) is 17.9 Å². The Labute approximate surface area is 132 Å². The van der Waals surface area contributed by atoms with Crippen molar-refractivity contribution in [3.8, 4) is 5.75 Å². The molecule has 0 radical (unpaired) electrons. The third-order valence-corrected chi connectivity index (χ3v) is 3.36. The lowest BCUT2D eigenvalue weighted by atomic mass is 10.1. The summed E-state index contributed by atoms with van der Waals surface area (Å²) < 4.78 is 18.5. The maximum atomic E-state index is 13.7. The third-order valence-electron chi connectivity index (χ3n) is 3.36. The van der Waals surface area contributed by atoms with Crippen LogP contribution in [0.25, 0.3) is 0 Å². The van der Waals surface area contributed by atoms with Crippen LogP contribution in [0.4, 0.5) is 10.1 Å². The number of nitro groups is 1. The summed E-state index contributed by atoms with van der Waals surface area (Å²) in [5.74, 6) is -0.785. The Balaban J connectivity index is 2.09. The average molecular weight is 318 g/mol. The Hall–Kier alpha value is -2.96. The quantitative estimate of drug-likeness (QED) is 0.678. The Morgan fingerprint density at radius 3 is 2.43 bits per heavy atom. The fourth-order valence-corrected chi connectivity index (χ4v) is 2.05. The predicted molar refractivity (Wildman–Crippen MR) is 81.9 cm³/mol. The zero-order valence-electron chi connectivity index (χ0n) is 12.6. The van der Waals surface area contributed by atoms with E-state index in [4.69, 9.17) is 4.74 Å². The number of halogens is 1. The van der Waals surface area contributed by atoms with E-state index in [0.717, 1.165) is 0 Å². The van der Waals surface area contributed by atoms with E-state index in [1.807, 2.05) is 0 Å². The molecule has 0 aliphatic carbocycles. The molecule has 1 atom stereocenters. The highest BCUT2D eigenvalue weighted by molar-refractivity contribution is 5.94. The Bertz CT molecular complexity index is 731. The smallest absolute Gasteiger partial charge is 0.269 e. The molecule has 2 rings (SSSR count). The van der Waals surface area contributed by atoms with E-state index in [-0.39, 0.29) is 17.0 Å². The van der Waals surface area contributed by atoms with E-state index in [0.29, 0.717) is 5.56 Å². The molecule has 0 aromatic heterocycles. The van der Waals surface area contributed by atoms with Gasteiger partial charge in [-0.2, -0.15) is 0 Å². The number of rotatable bonds is 5. The maximum absolute atomic E-state index is 13.7. The molecule has 0 saturated carbocycles. The highest BCUT2D eigenvalue weighted by Crippen LogP contribution is 2.22. The highest BCUT2D eigenvalue weighted by Gasteiger charge is 2.14. The lowest BCUT2D eigenvalue weighted by Crippen LogP contribution is -2.26. The summed E-state index contributed by atoms with van der Waals surface area (Å²) in [6.45, 7) is 1.71. The topological polar surface area (TPSA) is 81.5 Å². The highest BCUT2D eigenvalue weighted by atomic mass is 19.1. The van der Waals surface area contributed by atoms with Gasteiger partial charge in [-0.15, -0.1) is 0 Å². The summed E-state index contributed by atoms with van der Waals surface area (Å²) in [5.41, 5.74) is 0.779. The van der Waals surface area contributed by atoms with E-state index in [2.05, 4.69) is 5.32 Å². The average Bonchev–Trinajstić information content (AvgIpc) is 2.54. The zero-order valence-corrected chi connectivity index (χ0v) is 12.6. The van der Waals surface area contributed by atoms with Gasteiger partial charge in [-0.05, 0) is 36.8 Å². The standard InChI is InChI=1S/C16H15FN2O4/c1-10(12-5-8-15(23-2)14(17)9-12)18-16(20)11-3-6-13(7-4-11)19(21)22/h3-10H,1-2H3,(H,18,20)/t10-/m1/s1. The van der Waals surface area contributed by atoms with Gasteiger partial charge in [0.15, 0.2) is 11.6 Å². The first-order valence-corrected chi connectivity index (χ1v) is 6.81. The van der Waals surface area contributed by atoms with E-state index in [1.165, 1.54) is 43.5 Å². The number of benzene rings is 2. The first-order chi connectivity index (χ1) is 10.9. The Kier molecular flexibility index (Phi) is 4.90. The lowest BCUT2D eigenvalue weighted by Gasteiger charge is -2.15. The molecule has 0 unspecified atom stereocenters. The second-order valence-electron chi connectivity index (χ2n) is 4.89. The molecule has 1 amide bonds. The predicted octanol–water partition coefficient (Wildman–Crippen LogP) is 3.23. The monoisotopic (exact) mass is 318 g/mol. The van der Waals surface area contributed by atoms with Crippen LogP contribution in [0.5, 0.6) is 5.75 Å². The molecule has 0 fully saturated rings. The SMILES string of the molecule is COc1ccc([C@@H](C)NC(=O)c2ccc([N+](=O)[O-])cc2)cc1F. The van der Waals surface area contributed by atoms with Crippen molar-refractivity contribution in [3.63, 3.8) is 0 Å². The number of amides is 1. The maximum Gasteiger partial charge on any atom is 0.269 e. The van der Waals surface area contributed by atoms with E-state index in [1.54, 1.807) is 13.0 Å². The van der Waals surface area contributed by atoms with Gasteiger partial charge < -0.3 is 10.1 Å². The van der Waals surface area contributed by atoms with Crippen molar-refractivity contribution in [2.45, 2.75) is 13.0 Å². The van der Waals surface area contributed by atoms with Crippen LogP contribution in [-0.2, 0) is 0 Å². The summed E-state index contributed by atoms with van der Waals surface area (Å²) in [7, 11) is 1.37. The Morgan fingerprint density at radius 1 is 1.26 bits per heavy atom. The molecule has 6 nitrogen and oxygen atoms in total. The lowest BCUT2D eigenvalue weighted by molar-refractivity contribution is -0.384. The molecule has 0 bridgehead atoms. The van der Waals surface area contributed by atoms with Gasteiger partial charge in [-0.3, -0.25) is 14.9 Å². The summed E-state index contributed by atoms with van der Waals surface area (Å²) in [6.07, 6.45) is 0. The summed E-state index contributed by atoms with van der Waals surface area (Å²) in [4.78, 5) is 22.2. The van der Waals surface area contributed by atoms with Gasteiger partial charge in [0.2, 0.25) is 0 Å². The van der Waals surface area contributed by atoms with Crippen LogP contribution in [0.3, 0.4) is 0 Å². The number of hydrogen-bond donors (Lipinski definition) is 1. The number of carbonyl (C=O) groups is 1. The van der Waals surface area contributed by atoms with Crippen molar-refractivity contribution in [3.05, 3.63) is 69.5 Å². The van der Waals surface area contributed by atoms with Crippen LogP contribution < -0.4 is 10.1 Å². The van der Waals surface area contributed by atoms with E-state index >= 15 is 0 Å². The van der Waals surface area contributed by atoms with Crippen LogP contribution >= 0.6 is 0 Å². The van der Waals surface area contributed by atoms with Crippen LogP contribution in [0.1, 0.15) is 28.9 Å². The molecule has 23 heavy (non-hydrogen) atoms. The van der Waals surface area contributed by atoms with Gasteiger partial charge >= 0.3 is 0 Å². The molecule has 7 heteroatoms. The molecule has 1 N–H and O–H groups in total. The second-order valence-corrected chi connectivity index (χ2v) is 4.89. The minimum Gasteiger partial charge on any atom is -0.494 e. The van der Waals surface area contributed by atoms with Crippen LogP contribution in [0, 0.1) is 15.9 Å². The Morgan fingerprint density at radius 2 is 1.91 bits per heavy atom.